The molecule has 0 heterocycles. The highest BCUT2D eigenvalue weighted by Gasteiger charge is 2.53. The molecule has 0 radical (unpaired) electrons. The second-order valence-corrected chi connectivity index (χ2v) is 11.5. The van der Waals surface area contributed by atoms with Crippen molar-refractivity contribution >= 4 is 18.4 Å². The van der Waals surface area contributed by atoms with Crippen LogP contribution in [0.15, 0.2) is 0 Å². The molecule has 0 unspecified atom stereocenters. The maximum atomic E-state index is 12.2. The normalized spacial score (nSPS) is 15.1. The third kappa shape index (κ3) is 3.96. The zero-order valence-electron chi connectivity index (χ0n) is 10.7. The summed E-state index contributed by atoms with van der Waals surface area (Å²) in [5.41, 5.74) is -5.35. The van der Waals surface area contributed by atoms with E-state index in [0.29, 0.717) is 6.42 Å². The molecular formula is C9H19F3O3SSi. The summed E-state index contributed by atoms with van der Waals surface area (Å²) < 4.78 is 63.2. The van der Waals surface area contributed by atoms with Crippen LogP contribution in [0.2, 0.25) is 18.1 Å². The van der Waals surface area contributed by atoms with Gasteiger partial charge in [0.25, 0.3) is 0 Å². The van der Waals surface area contributed by atoms with E-state index in [9.17, 15) is 21.6 Å². The summed E-state index contributed by atoms with van der Waals surface area (Å²) in [6.07, 6.45) is 1.39. The molecule has 0 aliphatic heterocycles. The molecular weight excluding hydrogens is 273 g/mol. The summed E-state index contributed by atoms with van der Waals surface area (Å²) in [7, 11) is -8.50. The Bertz CT molecular complexity index is 360. The second-order valence-electron chi connectivity index (χ2n) is 5.13. The van der Waals surface area contributed by atoms with Crippen molar-refractivity contribution in [3.05, 3.63) is 0 Å². The fourth-order valence-corrected chi connectivity index (χ4v) is 5.69. The van der Waals surface area contributed by atoms with Gasteiger partial charge >= 0.3 is 15.6 Å². The van der Waals surface area contributed by atoms with E-state index in [1.165, 1.54) is 13.1 Å². The van der Waals surface area contributed by atoms with E-state index in [0.717, 1.165) is 6.42 Å². The average molecular weight is 292 g/mol. The lowest BCUT2D eigenvalue weighted by molar-refractivity contribution is -0.0505. The molecule has 0 saturated heterocycles. The molecule has 0 aromatic rings. The molecule has 0 atom stereocenters. The van der Waals surface area contributed by atoms with Crippen LogP contribution in [0.1, 0.15) is 33.6 Å². The van der Waals surface area contributed by atoms with Crippen LogP contribution in [0.3, 0.4) is 0 Å². The number of hydrogen-bond donors (Lipinski definition) is 0. The van der Waals surface area contributed by atoms with Gasteiger partial charge < -0.3 is 3.87 Å². The molecule has 17 heavy (non-hydrogen) atoms. The van der Waals surface area contributed by atoms with Crippen LogP contribution < -0.4 is 0 Å². The summed E-state index contributed by atoms with van der Waals surface area (Å²) in [6, 6.07) is 0. The first kappa shape index (κ1) is 16.9. The standard InChI is InChI=1S/C9H19F3O3SSi/c1-6-7-8(2,3)17(4,5)15-16(13,14)9(10,11)12/h6-7H2,1-5H3. The Morgan fingerprint density at radius 3 is 1.88 bits per heavy atom. The van der Waals surface area contributed by atoms with E-state index in [-0.39, 0.29) is 0 Å². The maximum absolute atomic E-state index is 12.2. The smallest absolute Gasteiger partial charge is 0.308 e. The van der Waals surface area contributed by atoms with Crippen molar-refractivity contribution in [2.45, 2.75) is 57.3 Å². The largest absolute Gasteiger partial charge is 0.522 e. The highest BCUT2D eigenvalue weighted by Crippen LogP contribution is 2.44. The van der Waals surface area contributed by atoms with Gasteiger partial charge in [-0.05, 0) is 24.6 Å². The van der Waals surface area contributed by atoms with Gasteiger partial charge in [0, 0.05) is 0 Å². The molecule has 3 nitrogen and oxygen atoms in total. The van der Waals surface area contributed by atoms with Crippen molar-refractivity contribution < 1.29 is 25.5 Å². The van der Waals surface area contributed by atoms with Gasteiger partial charge in [0.2, 0.25) is 8.32 Å². The average Bonchev–Trinajstić information content (AvgIpc) is 1.98. The van der Waals surface area contributed by atoms with Crippen LogP contribution in [-0.4, -0.2) is 22.2 Å². The molecule has 0 aromatic carbocycles. The van der Waals surface area contributed by atoms with E-state index in [1.54, 1.807) is 13.8 Å². The van der Waals surface area contributed by atoms with Gasteiger partial charge in [-0.25, -0.2) is 0 Å². The van der Waals surface area contributed by atoms with Crippen LogP contribution >= 0.6 is 0 Å². The van der Waals surface area contributed by atoms with Gasteiger partial charge in [-0.2, -0.15) is 21.6 Å². The zero-order valence-corrected chi connectivity index (χ0v) is 12.5. The minimum Gasteiger partial charge on any atom is -0.308 e. The fourth-order valence-electron chi connectivity index (χ4n) is 1.36. The molecule has 0 amide bonds. The minimum atomic E-state index is -5.50. The first-order valence-electron chi connectivity index (χ1n) is 5.29. The SMILES string of the molecule is CCCC(C)(C)[Si](C)(C)OS(=O)(=O)C(F)(F)F. The first-order valence-corrected chi connectivity index (χ1v) is 9.60. The molecule has 0 fully saturated rings. The summed E-state index contributed by atoms with van der Waals surface area (Å²) >= 11 is 0. The molecule has 104 valence electrons. The molecule has 0 rings (SSSR count). The quantitative estimate of drug-likeness (QED) is 0.574. The van der Waals surface area contributed by atoms with Gasteiger partial charge in [0.05, 0.1) is 0 Å². The molecule has 8 heteroatoms. The lowest BCUT2D eigenvalue weighted by Gasteiger charge is -2.38. The molecule has 0 saturated carbocycles. The Labute approximate surface area is 102 Å². The number of halogens is 3. The monoisotopic (exact) mass is 292 g/mol. The molecule has 0 aliphatic rings. The zero-order chi connectivity index (χ0) is 14.1. The number of alkyl halides is 3. The van der Waals surface area contributed by atoms with Crippen molar-refractivity contribution in [1.82, 2.24) is 0 Å². The first-order chi connectivity index (χ1) is 7.27. The number of hydrogen-bond acceptors (Lipinski definition) is 3. The van der Waals surface area contributed by atoms with Crippen molar-refractivity contribution in [1.29, 1.82) is 0 Å². The van der Waals surface area contributed by atoms with E-state index in [2.05, 4.69) is 3.87 Å². The Balaban J connectivity index is 5.14. The van der Waals surface area contributed by atoms with E-state index in [4.69, 9.17) is 0 Å². The fraction of sp³-hybridized carbons (Fsp3) is 1.00. The van der Waals surface area contributed by atoms with Crippen LogP contribution in [0, 0.1) is 0 Å². The summed E-state index contributed by atoms with van der Waals surface area (Å²) in [4.78, 5) is 0. The van der Waals surface area contributed by atoms with Crippen molar-refractivity contribution in [3.63, 3.8) is 0 Å². The van der Waals surface area contributed by atoms with E-state index >= 15 is 0 Å². The summed E-state index contributed by atoms with van der Waals surface area (Å²) in [5, 5.41) is -0.542. The van der Waals surface area contributed by atoms with Gasteiger partial charge in [0.1, 0.15) is 0 Å². The van der Waals surface area contributed by atoms with Gasteiger partial charge in [-0.3, -0.25) is 0 Å². The molecule has 0 aliphatic carbocycles. The third-order valence-corrected chi connectivity index (χ3v) is 9.73. The summed E-state index contributed by atoms with van der Waals surface area (Å²) in [6.45, 7) is 8.37. The molecule has 0 aromatic heterocycles. The maximum Gasteiger partial charge on any atom is 0.522 e. The van der Waals surface area contributed by atoms with Crippen LogP contribution in [0.5, 0.6) is 0 Å². The van der Waals surface area contributed by atoms with Crippen molar-refractivity contribution in [2.75, 3.05) is 0 Å². The second kappa shape index (κ2) is 4.89. The van der Waals surface area contributed by atoms with Crippen LogP contribution in [-0.2, 0) is 14.0 Å². The molecule has 0 bridgehead atoms. The van der Waals surface area contributed by atoms with Crippen LogP contribution in [0.4, 0.5) is 13.2 Å². The highest BCUT2D eigenvalue weighted by atomic mass is 32.2. The predicted octanol–water partition coefficient (Wildman–Crippen LogP) is 3.64. The van der Waals surface area contributed by atoms with E-state index in [1.807, 2.05) is 6.92 Å². The summed E-state index contributed by atoms with van der Waals surface area (Å²) in [5.74, 6) is 0. The van der Waals surface area contributed by atoms with Gasteiger partial charge in [-0.1, -0.05) is 27.2 Å². The Morgan fingerprint density at radius 2 is 1.59 bits per heavy atom. The van der Waals surface area contributed by atoms with E-state index < -0.39 is 29.0 Å². The van der Waals surface area contributed by atoms with Gasteiger partial charge in [-0.15, -0.1) is 0 Å². The Kier molecular flexibility index (Phi) is 4.86. The Morgan fingerprint density at radius 1 is 1.18 bits per heavy atom. The highest BCUT2D eigenvalue weighted by molar-refractivity contribution is 7.88. The van der Waals surface area contributed by atoms with Crippen molar-refractivity contribution in [2.24, 2.45) is 0 Å². The van der Waals surface area contributed by atoms with Crippen molar-refractivity contribution in [3.8, 4) is 0 Å². The lowest BCUT2D eigenvalue weighted by Crippen LogP contribution is -2.46. The molecule has 0 N–H and O–H groups in total. The minimum absolute atomic E-state index is 0.542. The number of rotatable bonds is 5. The van der Waals surface area contributed by atoms with Crippen LogP contribution in [0.25, 0.3) is 0 Å². The van der Waals surface area contributed by atoms with Gasteiger partial charge in [0.15, 0.2) is 0 Å². The topological polar surface area (TPSA) is 43.4 Å². The third-order valence-electron chi connectivity index (χ3n) is 3.11. The predicted molar refractivity (Wildman–Crippen MR) is 62.5 cm³/mol. The molecule has 0 spiro atoms. The lowest BCUT2D eigenvalue weighted by atomic mass is 10.1. The Hall–Kier alpha value is -0.0831.